The summed E-state index contributed by atoms with van der Waals surface area (Å²) in [6.45, 7) is 5.39. The third-order valence-corrected chi connectivity index (χ3v) is 1.97. The molecule has 0 fully saturated rings. The second kappa shape index (κ2) is 6.39. The Morgan fingerprint density at radius 3 is 2.57 bits per heavy atom. The van der Waals surface area contributed by atoms with E-state index >= 15 is 0 Å². The molecule has 0 aliphatic rings. The second-order valence-electron chi connectivity index (χ2n) is 3.71. The normalized spacial score (nSPS) is 11.4. The molecule has 0 saturated carbocycles. The van der Waals surface area contributed by atoms with Crippen LogP contribution >= 0.6 is 0 Å². The summed E-state index contributed by atoms with van der Waals surface area (Å²) >= 11 is 0. The molecule has 0 bridgehead atoms. The highest BCUT2D eigenvalue weighted by Gasteiger charge is 1.88. The van der Waals surface area contributed by atoms with Crippen LogP contribution in [0.1, 0.15) is 25.8 Å². The van der Waals surface area contributed by atoms with Crippen LogP contribution in [0.3, 0.4) is 0 Å². The Labute approximate surface area is 86.8 Å². The summed E-state index contributed by atoms with van der Waals surface area (Å²) in [6.07, 6.45) is 5.47. The number of benzene rings is 1. The van der Waals surface area contributed by atoms with E-state index in [4.69, 9.17) is 0 Å². The van der Waals surface area contributed by atoms with E-state index in [1.165, 1.54) is 5.56 Å². The first-order chi connectivity index (χ1) is 6.79. The average molecular weight is 189 g/mol. The molecular formula is C13H19N. The molecule has 14 heavy (non-hydrogen) atoms. The van der Waals surface area contributed by atoms with Crippen molar-refractivity contribution < 1.29 is 0 Å². The van der Waals surface area contributed by atoms with E-state index in [0.29, 0.717) is 6.04 Å². The van der Waals surface area contributed by atoms with Crippen molar-refractivity contribution in [2.75, 3.05) is 6.54 Å². The van der Waals surface area contributed by atoms with E-state index in [1.54, 1.807) is 0 Å². The van der Waals surface area contributed by atoms with E-state index in [0.717, 1.165) is 13.0 Å². The lowest BCUT2D eigenvalue weighted by Gasteiger charge is -2.04. The van der Waals surface area contributed by atoms with Crippen molar-refractivity contribution in [1.29, 1.82) is 0 Å². The monoisotopic (exact) mass is 189 g/mol. The summed E-state index contributed by atoms with van der Waals surface area (Å²) in [7, 11) is 0. The molecular weight excluding hydrogens is 170 g/mol. The molecule has 0 atom stereocenters. The maximum Gasteiger partial charge on any atom is 0.00105 e. The lowest BCUT2D eigenvalue weighted by atomic mass is 10.2. The second-order valence-corrected chi connectivity index (χ2v) is 3.71. The Morgan fingerprint density at radius 2 is 1.93 bits per heavy atom. The van der Waals surface area contributed by atoms with Gasteiger partial charge >= 0.3 is 0 Å². The standard InChI is InChI=1S/C13H19N/c1-12(2)14-11-7-6-10-13-8-4-3-5-9-13/h3-6,8-10,12,14H,7,11H2,1-2H3. The molecule has 76 valence electrons. The lowest BCUT2D eigenvalue weighted by Crippen LogP contribution is -2.23. The van der Waals surface area contributed by atoms with E-state index in [9.17, 15) is 0 Å². The zero-order valence-corrected chi connectivity index (χ0v) is 9.03. The van der Waals surface area contributed by atoms with Gasteiger partial charge in [0.15, 0.2) is 0 Å². The highest BCUT2D eigenvalue weighted by Crippen LogP contribution is 2.01. The van der Waals surface area contributed by atoms with Gasteiger partial charge in [0.05, 0.1) is 0 Å². The third kappa shape index (κ3) is 4.83. The molecule has 0 aliphatic heterocycles. The Hall–Kier alpha value is -1.08. The smallest absolute Gasteiger partial charge is 0.00105 e. The number of hydrogen-bond acceptors (Lipinski definition) is 1. The van der Waals surface area contributed by atoms with Crippen molar-refractivity contribution in [3.63, 3.8) is 0 Å². The third-order valence-electron chi connectivity index (χ3n) is 1.97. The zero-order chi connectivity index (χ0) is 10.2. The van der Waals surface area contributed by atoms with Gasteiger partial charge in [0.2, 0.25) is 0 Å². The van der Waals surface area contributed by atoms with E-state index < -0.39 is 0 Å². The molecule has 0 aromatic heterocycles. The molecule has 1 aromatic carbocycles. The van der Waals surface area contributed by atoms with E-state index in [1.807, 2.05) is 6.07 Å². The van der Waals surface area contributed by atoms with Crippen molar-refractivity contribution in [1.82, 2.24) is 5.32 Å². The first kappa shape index (κ1) is 11.0. The molecule has 0 saturated heterocycles. The van der Waals surface area contributed by atoms with Crippen LogP contribution in [-0.4, -0.2) is 12.6 Å². The van der Waals surface area contributed by atoms with Crippen LogP contribution in [-0.2, 0) is 0 Å². The lowest BCUT2D eigenvalue weighted by molar-refractivity contribution is 0.595. The van der Waals surface area contributed by atoms with Gasteiger partial charge in [-0.25, -0.2) is 0 Å². The fraction of sp³-hybridized carbons (Fsp3) is 0.385. The minimum Gasteiger partial charge on any atom is -0.314 e. The van der Waals surface area contributed by atoms with Crippen molar-refractivity contribution in [3.8, 4) is 0 Å². The largest absolute Gasteiger partial charge is 0.314 e. The van der Waals surface area contributed by atoms with Crippen LogP contribution in [0.25, 0.3) is 6.08 Å². The van der Waals surface area contributed by atoms with Gasteiger partial charge in [-0.2, -0.15) is 0 Å². The molecule has 0 unspecified atom stereocenters. The Kier molecular flexibility index (Phi) is 5.02. The summed E-state index contributed by atoms with van der Waals surface area (Å²) in [6, 6.07) is 11.0. The number of nitrogens with one attached hydrogen (secondary N) is 1. The molecule has 0 spiro atoms. The van der Waals surface area contributed by atoms with Crippen LogP contribution in [0.2, 0.25) is 0 Å². The van der Waals surface area contributed by atoms with Crippen LogP contribution in [0.4, 0.5) is 0 Å². The van der Waals surface area contributed by atoms with Crippen LogP contribution in [0, 0.1) is 0 Å². The highest BCUT2D eigenvalue weighted by molar-refractivity contribution is 5.48. The molecule has 1 aromatic rings. The first-order valence-electron chi connectivity index (χ1n) is 5.24. The molecule has 0 amide bonds. The van der Waals surface area contributed by atoms with Crippen molar-refractivity contribution >= 4 is 6.08 Å². The fourth-order valence-electron chi connectivity index (χ4n) is 1.24. The van der Waals surface area contributed by atoms with E-state index in [-0.39, 0.29) is 0 Å². The van der Waals surface area contributed by atoms with Gasteiger partial charge < -0.3 is 5.32 Å². The van der Waals surface area contributed by atoms with Crippen molar-refractivity contribution in [2.45, 2.75) is 26.3 Å². The minimum absolute atomic E-state index is 0.583. The summed E-state index contributed by atoms with van der Waals surface area (Å²) in [5, 5.41) is 3.38. The minimum atomic E-state index is 0.583. The van der Waals surface area contributed by atoms with Gasteiger partial charge in [-0.15, -0.1) is 0 Å². The SMILES string of the molecule is CC(C)NCCC=Cc1ccccc1. The number of hydrogen-bond donors (Lipinski definition) is 1. The first-order valence-corrected chi connectivity index (χ1v) is 5.24. The predicted molar refractivity (Wildman–Crippen MR) is 63.2 cm³/mol. The van der Waals surface area contributed by atoms with Gasteiger partial charge in [0.25, 0.3) is 0 Å². The molecule has 0 radical (unpaired) electrons. The topological polar surface area (TPSA) is 12.0 Å². The van der Waals surface area contributed by atoms with E-state index in [2.05, 4.69) is 55.6 Å². The molecule has 1 heteroatoms. The van der Waals surface area contributed by atoms with Crippen LogP contribution < -0.4 is 5.32 Å². The maximum absolute atomic E-state index is 3.38. The summed E-state index contributed by atoms with van der Waals surface area (Å²) < 4.78 is 0. The fourth-order valence-corrected chi connectivity index (χ4v) is 1.24. The average Bonchev–Trinajstić information content (AvgIpc) is 2.18. The predicted octanol–water partition coefficient (Wildman–Crippen LogP) is 3.09. The van der Waals surface area contributed by atoms with Gasteiger partial charge in [-0.1, -0.05) is 56.3 Å². The summed E-state index contributed by atoms with van der Waals surface area (Å²) in [4.78, 5) is 0. The zero-order valence-electron chi connectivity index (χ0n) is 9.03. The Balaban J connectivity index is 2.21. The highest BCUT2D eigenvalue weighted by atomic mass is 14.9. The van der Waals surface area contributed by atoms with Crippen LogP contribution in [0.15, 0.2) is 36.4 Å². The van der Waals surface area contributed by atoms with Gasteiger partial charge in [0.1, 0.15) is 0 Å². The van der Waals surface area contributed by atoms with Gasteiger partial charge in [-0.3, -0.25) is 0 Å². The maximum atomic E-state index is 3.38. The Bertz CT molecular complexity index is 262. The molecule has 0 heterocycles. The summed E-state index contributed by atoms with van der Waals surface area (Å²) in [5.74, 6) is 0. The van der Waals surface area contributed by atoms with Crippen molar-refractivity contribution in [3.05, 3.63) is 42.0 Å². The molecule has 0 aliphatic carbocycles. The van der Waals surface area contributed by atoms with Gasteiger partial charge in [0, 0.05) is 6.04 Å². The number of rotatable bonds is 5. The summed E-state index contributed by atoms with van der Waals surface area (Å²) in [5.41, 5.74) is 1.28. The van der Waals surface area contributed by atoms with Crippen molar-refractivity contribution in [2.24, 2.45) is 0 Å². The Morgan fingerprint density at radius 1 is 1.21 bits per heavy atom. The van der Waals surface area contributed by atoms with Crippen LogP contribution in [0.5, 0.6) is 0 Å². The van der Waals surface area contributed by atoms with Gasteiger partial charge in [-0.05, 0) is 18.5 Å². The quantitative estimate of drug-likeness (QED) is 0.702. The molecule has 1 N–H and O–H groups in total. The molecule has 1 rings (SSSR count). The molecule has 1 nitrogen and oxygen atoms in total.